The summed E-state index contributed by atoms with van der Waals surface area (Å²) in [5.41, 5.74) is 5.70. The zero-order valence-corrected chi connectivity index (χ0v) is 8.41. The lowest BCUT2D eigenvalue weighted by atomic mass is 10.1. The second-order valence-electron chi connectivity index (χ2n) is 4.01. The third kappa shape index (κ3) is 4.60. The molecule has 3 nitrogen and oxygen atoms in total. The Morgan fingerprint density at radius 2 is 1.62 bits per heavy atom. The third-order valence-corrected chi connectivity index (χ3v) is 2.68. The van der Waals surface area contributed by atoms with E-state index in [1.807, 2.05) is 0 Å². The molecule has 3 heteroatoms. The number of nitrogens with two attached hydrogens (primary N) is 1. The Balaban J connectivity index is 2.21. The summed E-state index contributed by atoms with van der Waals surface area (Å²) in [5, 5.41) is 8.84. The molecule has 0 amide bonds. The maximum Gasteiger partial charge on any atom is 0.0595 e. The Morgan fingerprint density at radius 1 is 1.08 bits per heavy atom. The average Bonchev–Trinajstić information content (AvgIpc) is 2.09. The average molecular weight is 186 g/mol. The first-order valence-electron chi connectivity index (χ1n) is 5.41. The van der Waals surface area contributed by atoms with Crippen LogP contribution in [0.5, 0.6) is 0 Å². The van der Waals surface area contributed by atoms with Gasteiger partial charge in [0.05, 0.1) is 6.61 Å². The molecule has 0 saturated carbocycles. The van der Waals surface area contributed by atoms with Crippen LogP contribution in [0, 0.1) is 0 Å². The molecule has 1 unspecified atom stereocenters. The van der Waals surface area contributed by atoms with Crippen molar-refractivity contribution < 1.29 is 5.11 Å². The van der Waals surface area contributed by atoms with Crippen LogP contribution in [0.4, 0.5) is 0 Å². The maximum atomic E-state index is 8.84. The molecule has 78 valence electrons. The molecule has 1 aliphatic rings. The molecule has 0 aromatic carbocycles. The Morgan fingerprint density at radius 3 is 2.15 bits per heavy atom. The van der Waals surface area contributed by atoms with Crippen molar-refractivity contribution in [1.82, 2.24) is 4.90 Å². The number of hydrogen-bond acceptors (Lipinski definition) is 3. The van der Waals surface area contributed by atoms with Gasteiger partial charge >= 0.3 is 0 Å². The van der Waals surface area contributed by atoms with E-state index >= 15 is 0 Å². The van der Waals surface area contributed by atoms with Crippen LogP contribution < -0.4 is 5.73 Å². The smallest absolute Gasteiger partial charge is 0.0595 e. The number of aliphatic hydroxyl groups is 1. The van der Waals surface area contributed by atoms with Crippen molar-refractivity contribution >= 4 is 0 Å². The number of aliphatic hydroxyl groups excluding tert-OH is 1. The van der Waals surface area contributed by atoms with E-state index < -0.39 is 0 Å². The number of rotatable bonds is 3. The normalized spacial score (nSPS) is 23.5. The van der Waals surface area contributed by atoms with Gasteiger partial charge in [0.2, 0.25) is 0 Å². The summed E-state index contributed by atoms with van der Waals surface area (Å²) in [6, 6.07) is -0.0561. The van der Waals surface area contributed by atoms with Crippen molar-refractivity contribution in [2.75, 3.05) is 26.2 Å². The minimum Gasteiger partial charge on any atom is -0.395 e. The van der Waals surface area contributed by atoms with Crippen molar-refractivity contribution in [3.8, 4) is 0 Å². The van der Waals surface area contributed by atoms with E-state index in [-0.39, 0.29) is 12.6 Å². The lowest BCUT2D eigenvalue weighted by Gasteiger charge is -2.26. The first kappa shape index (κ1) is 11.0. The van der Waals surface area contributed by atoms with Gasteiger partial charge < -0.3 is 15.7 Å². The highest BCUT2D eigenvalue weighted by atomic mass is 16.3. The van der Waals surface area contributed by atoms with Crippen molar-refractivity contribution in [2.24, 2.45) is 5.73 Å². The second kappa shape index (κ2) is 6.35. The van der Waals surface area contributed by atoms with Gasteiger partial charge in [0.1, 0.15) is 0 Å². The highest BCUT2D eigenvalue weighted by molar-refractivity contribution is 4.69. The van der Waals surface area contributed by atoms with Gasteiger partial charge in [-0.05, 0) is 25.9 Å². The van der Waals surface area contributed by atoms with Crippen LogP contribution in [0.25, 0.3) is 0 Å². The van der Waals surface area contributed by atoms with Crippen LogP contribution >= 0.6 is 0 Å². The van der Waals surface area contributed by atoms with Crippen LogP contribution in [-0.4, -0.2) is 42.3 Å². The van der Waals surface area contributed by atoms with E-state index in [0.717, 1.165) is 19.6 Å². The molecule has 3 N–H and O–H groups in total. The first-order chi connectivity index (χ1) is 6.33. The van der Waals surface area contributed by atoms with E-state index in [4.69, 9.17) is 10.8 Å². The fraction of sp³-hybridized carbons (Fsp3) is 1.00. The summed E-state index contributed by atoms with van der Waals surface area (Å²) in [6.07, 6.45) is 6.67. The second-order valence-corrected chi connectivity index (χ2v) is 4.01. The number of nitrogens with zero attached hydrogens (tertiary/aromatic N) is 1. The predicted octanol–water partition coefficient (Wildman–Crippen LogP) is 0.572. The highest BCUT2D eigenvalue weighted by Gasteiger charge is 2.10. The fourth-order valence-electron chi connectivity index (χ4n) is 1.88. The van der Waals surface area contributed by atoms with Crippen molar-refractivity contribution in [3.05, 3.63) is 0 Å². The summed E-state index contributed by atoms with van der Waals surface area (Å²) in [5.74, 6) is 0. The third-order valence-electron chi connectivity index (χ3n) is 2.68. The van der Waals surface area contributed by atoms with Gasteiger partial charge in [-0.1, -0.05) is 19.3 Å². The predicted molar refractivity (Wildman–Crippen MR) is 54.6 cm³/mol. The molecule has 0 radical (unpaired) electrons. The molecule has 1 saturated heterocycles. The molecule has 0 aromatic rings. The SMILES string of the molecule is NC(CO)CN1CCCCCCC1. The molecule has 1 atom stereocenters. The summed E-state index contributed by atoms with van der Waals surface area (Å²) in [4.78, 5) is 2.39. The molecule has 13 heavy (non-hydrogen) atoms. The number of likely N-dealkylation sites (tertiary alicyclic amines) is 1. The van der Waals surface area contributed by atoms with Gasteiger partial charge in [0.15, 0.2) is 0 Å². The lowest BCUT2D eigenvalue weighted by molar-refractivity contribution is 0.190. The van der Waals surface area contributed by atoms with E-state index in [2.05, 4.69) is 4.90 Å². The zero-order valence-electron chi connectivity index (χ0n) is 8.41. The van der Waals surface area contributed by atoms with E-state index in [9.17, 15) is 0 Å². The minimum atomic E-state index is -0.0561. The quantitative estimate of drug-likeness (QED) is 0.677. The molecule has 0 aromatic heterocycles. The maximum absolute atomic E-state index is 8.84. The molecule has 1 heterocycles. The standard InChI is InChI=1S/C10H22N2O/c11-10(9-13)8-12-6-4-2-1-3-5-7-12/h10,13H,1-9,11H2. The first-order valence-corrected chi connectivity index (χ1v) is 5.41. The highest BCUT2D eigenvalue weighted by Crippen LogP contribution is 2.10. The summed E-state index contributed by atoms with van der Waals surface area (Å²) < 4.78 is 0. The topological polar surface area (TPSA) is 49.5 Å². The lowest BCUT2D eigenvalue weighted by Crippen LogP contribution is -2.41. The molecule has 0 aliphatic carbocycles. The van der Waals surface area contributed by atoms with E-state index in [1.165, 1.54) is 32.1 Å². The van der Waals surface area contributed by atoms with E-state index in [1.54, 1.807) is 0 Å². The molecule has 0 bridgehead atoms. The summed E-state index contributed by atoms with van der Waals surface area (Å²) in [7, 11) is 0. The van der Waals surface area contributed by atoms with Crippen molar-refractivity contribution in [3.63, 3.8) is 0 Å². The van der Waals surface area contributed by atoms with Crippen molar-refractivity contribution in [2.45, 2.75) is 38.1 Å². The van der Waals surface area contributed by atoms with Gasteiger partial charge in [-0.15, -0.1) is 0 Å². The van der Waals surface area contributed by atoms with Gasteiger partial charge in [-0.2, -0.15) is 0 Å². The van der Waals surface area contributed by atoms with Gasteiger partial charge in [0, 0.05) is 12.6 Å². The molecular formula is C10H22N2O. The van der Waals surface area contributed by atoms with Crippen LogP contribution in [0.15, 0.2) is 0 Å². The fourth-order valence-corrected chi connectivity index (χ4v) is 1.88. The zero-order chi connectivity index (χ0) is 9.52. The monoisotopic (exact) mass is 186 g/mol. The summed E-state index contributed by atoms with van der Waals surface area (Å²) >= 11 is 0. The van der Waals surface area contributed by atoms with Crippen LogP contribution in [0.1, 0.15) is 32.1 Å². The Labute approximate surface area is 80.9 Å². The van der Waals surface area contributed by atoms with Gasteiger partial charge in [-0.3, -0.25) is 0 Å². The molecule has 1 rings (SSSR count). The minimum absolute atomic E-state index is 0.0561. The Bertz CT molecular complexity index is 122. The molecule has 1 aliphatic heterocycles. The van der Waals surface area contributed by atoms with Gasteiger partial charge in [0.25, 0.3) is 0 Å². The van der Waals surface area contributed by atoms with Crippen molar-refractivity contribution in [1.29, 1.82) is 0 Å². The molecule has 1 fully saturated rings. The summed E-state index contributed by atoms with van der Waals surface area (Å²) in [6.45, 7) is 3.29. The Kier molecular flexibility index (Phi) is 5.35. The van der Waals surface area contributed by atoms with Crippen LogP contribution in [-0.2, 0) is 0 Å². The Hall–Kier alpha value is -0.120. The van der Waals surface area contributed by atoms with Crippen LogP contribution in [0.3, 0.4) is 0 Å². The largest absolute Gasteiger partial charge is 0.395 e. The van der Waals surface area contributed by atoms with E-state index in [0.29, 0.717) is 0 Å². The number of hydrogen-bond donors (Lipinski definition) is 2. The molecule has 0 spiro atoms. The van der Waals surface area contributed by atoms with Gasteiger partial charge in [-0.25, -0.2) is 0 Å². The molecular weight excluding hydrogens is 164 g/mol. The van der Waals surface area contributed by atoms with Crippen LogP contribution in [0.2, 0.25) is 0 Å².